The van der Waals surface area contributed by atoms with Crippen molar-refractivity contribution in [3.63, 3.8) is 0 Å². The van der Waals surface area contributed by atoms with Crippen LogP contribution in [0.2, 0.25) is 0 Å². The quantitative estimate of drug-likeness (QED) is 0.802. The fourth-order valence-corrected chi connectivity index (χ4v) is 3.39. The molecule has 0 fully saturated rings. The highest BCUT2D eigenvalue weighted by Crippen LogP contribution is 2.19. The predicted octanol–water partition coefficient (Wildman–Crippen LogP) is 2.47. The van der Waals surface area contributed by atoms with Gasteiger partial charge < -0.3 is 0 Å². The van der Waals surface area contributed by atoms with Crippen molar-refractivity contribution in [3.05, 3.63) is 30.1 Å². The van der Waals surface area contributed by atoms with Crippen LogP contribution in [0.5, 0.6) is 0 Å². The Labute approximate surface area is 123 Å². The van der Waals surface area contributed by atoms with Crippen LogP contribution in [0.1, 0.15) is 33.4 Å². The third-order valence-corrected chi connectivity index (χ3v) is 4.95. The van der Waals surface area contributed by atoms with E-state index < -0.39 is 10.0 Å². The van der Waals surface area contributed by atoms with E-state index in [1.165, 1.54) is 0 Å². The van der Waals surface area contributed by atoms with E-state index in [2.05, 4.69) is 37.4 Å². The lowest BCUT2D eigenvalue weighted by Gasteiger charge is -2.24. The lowest BCUT2D eigenvalue weighted by molar-refractivity contribution is 0.289. The summed E-state index contributed by atoms with van der Waals surface area (Å²) >= 11 is 0. The van der Waals surface area contributed by atoms with Crippen LogP contribution >= 0.6 is 0 Å². The summed E-state index contributed by atoms with van der Waals surface area (Å²) in [4.78, 5) is 4.14. The number of aryl methyl sites for hydroxylation is 1. The summed E-state index contributed by atoms with van der Waals surface area (Å²) in [6.07, 6.45) is 2.13. The van der Waals surface area contributed by atoms with Gasteiger partial charge in [0.1, 0.15) is 0 Å². The van der Waals surface area contributed by atoms with Crippen LogP contribution in [0.4, 0.5) is 0 Å². The van der Waals surface area contributed by atoms with E-state index in [-0.39, 0.29) is 5.75 Å². The molecule has 0 atom stereocenters. The highest BCUT2D eigenvalue weighted by atomic mass is 32.2. The van der Waals surface area contributed by atoms with Crippen LogP contribution < -0.4 is 4.72 Å². The first-order valence-electron chi connectivity index (χ1n) is 7.19. The molecule has 0 spiro atoms. The van der Waals surface area contributed by atoms with E-state index in [0.717, 1.165) is 5.69 Å². The van der Waals surface area contributed by atoms with E-state index >= 15 is 0 Å². The molecule has 1 aromatic rings. The molecule has 1 rings (SSSR count). The molecule has 0 aliphatic heterocycles. The molecular weight excluding hydrogens is 272 g/mol. The van der Waals surface area contributed by atoms with Crippen LogP contribution in [0.3, 0.4) is 0 Å². The van der Waals surface area contributed by atoms with Crippen molar-refractivity contribution in [2.24, 2.45) is 17.8 Å². The van der Waals surface area contributed by atoms with Crippen LogP contribution in [-0.2, 0) is 16.4 Å². The summed E-state index contributed by atoms with van der Waals surface area (Å²) < 4.78 is 26.8. The highest BCUT2D eigenvalue weighted by Gasteiger charge is 2.20. The molecule has 0 amide bonds. The van der Waals surface area contributed by atoms with Gasteiger partial charge in [-0.1, -0.05) is 33.8 Å². The zero-order valence-electron chi connectivity index (χ0n) is 12.8. The molecule has 0 radical (unpaired) electrons. The van der Waals surface area contributed by atoms with Gasteiger partial charge in [0, 0.05) is 24.9 Å². The molecule has 0 saturated heterocycles. The van der Waals surface area contributed by atoms with Gasteiger partial charge in [-0.25, -0.2) is 13.1 Å². The first-order chi connectivity index (χ1) is 9.32. The number of nitrogens with one attached hydrogen (secondary N) is 1. The number of sulfonamides is 1. The maximum absolute atomic E-state index is 12.0. The van der Waals surface area contributed by atoms with E-state index in [1.54, 1.807) is 6.20 Å². The zero-order valence-corrected chi connectivity index (χ0v) is 13.7. The first kappa shape index (κ1) is 17.1. The fraction of sp³-hybridized carbons (Fsp3) is 0.667. The summed E-state index contributed by atoms with van der Waals surface area (Å²) in [7, 11) is -3.23. The molecular formula is C15H26N2O2S. The molecule has 0 aliphatic rings. The molecule has 0 aromatic carbocycles. The second-order valence-electron chi connectivity index (χ2n) is 5.89. The molecule has 20 heavy (non-hydrogen) atoms. The van der Waals surface area contributed by atoms with Gasteiger partial charge in [0.2, 0.25) is 10.0 Å². The Morgan fingerprint density at radius 3 is 2.30 bits per heavy atom. The third kappa shape index (κ3) is 6.01. The van der Waals surface area contributed by atoms with Gasteiger partial charge in [-0.15, -0.1) is 0 Å². The fourth-order valence-electron chi connectivity index (χ4n) is 2.32. The minimum absolute atomic E-state index is 0.0902. The van der Waals surface area contributed by atoms with Crippen molar-refractivity contribution >= 4 is 10.0 Å². The summed E-state index contributed by atoms with van der Waals surface area (Å²) in [5.41, 5.74) is 0.808. The van der Waals surface area contributed by atoms with Crippen molar-refractivity contribution in [2.75, 3.05) is 12.3 Å². The molecule has 0 bridgehead atoms. The monoisotopic (exact) mass is 298 g/mol. The molecule has 0 saturated carbocycles. The minimum Gasteiger partial charge on any atom is -0.261 e. The van der Waals surface area contributed by atoms with E-state index in [9.17, 15) is 8.42 Å². The second-order valence-corrected chi connectivity index (χ2v) is 7.82. The molecule has 4 nitrogen and oxygen atoms in total. The highest BCUT2D eigenvalue weighted by molar-refractivity contribution is 7.89. The van der Waals surface area contributed by atoms with Gasteiger partial charge in [0.25, 0.3) is 0 Å². The van der Waals surface area contributed by atoms with Crippen LogP contribution in [0, 0.1) is 17.8 Å². The Bertz CT molecular complexity index is 476. The van der Waals surface area contributed by atoms with Crippen LogP contribution in [-0.4, -0.2) is 25.7 Å². The molecule has 5 heteroatoms. The van der Waals surface area contributed by atoms with Gasteiger partial charge in [0.05, 0.1) is 5.75 Å². The van der Waals surface area contributed by atoms with Gasteiger partial charge in [0.15, 0.2) is 0 Å². The zero-order chi connectivity index (χ0) is 15.2. The first-order valence-corrected chi connectivity index (χ1v) is 8.84. The number of nitrogens with zero attached hydrogens (tertiary/aromatic N) is 1. The molecule has 1 aromatic heterocycles. The molecule has 114 valence electrons. The van der Waals surface area contributed by atoms with Crippen molar-refractivity contribution in [3.8, 4) is 0 Å². The van der Waals surface area contributed by atoms with Crippen molar-refractivity contribution in [2.45, 2.75) is 34.1 Å². The summed E-state index contributed by atoms with van der Waals surface area (Å²) in [5, 5.41) is 0. The number of aromatic nitrogens is 1. The Hall–Kier alpha value is -0.940. The predicted molar refractivity (Wildman–Crippen MR) is 82.9 cm³/mol. The SMILES string of the molecule is CC(C)C(CNS(=O)(=O)CCc1ccccn1)C(C)C. The van der Waals surface area contributed by atoms with Gasteiger partial charge >= 0.3 is 0 Å². The maximum atomic E-state index is 12.0. The van der Waals surface area contributed by atoms with Gasteiger partial charge in [-0.2, -0.15) is 0 Å². The Morgan fingerprint density at radius 2 is 1.80 bits per heavy atom. The lowest BCUT2D eigenvalue weighted by atomic mass is 9.86. The van der Waals surface area contributed by atoms with Crippen molar-refractivity contribution in [1.82, 2.24) is 9.71 Å². The van der Waals surface area contributed by atoms with E-state index in [0.29, 0.717) is 30.7 Å². The molecule has 1 heterocycles. The average Bonchev–Trinajstić information content (AvgIpc) is 2.37. The minimum atomic E-state index is -3.23. The Balaban J connectivity index is 2.49. The summed E-state index contributed by atoms with van der Waals surface area (Å²) in [5.74, 6) is 1.38. The average molecular weight is 298 g/mol. The van der Waals surface area contributed by atoms with Gasteiger partial charge in [-0.05, 0) is 29.9 Å². The number of pyridine rings is 1. The third-order valence-electron chi connectivity index (χ3n) is 3.60. The Kier molecular flexibility index (Phi) is 6.62. The Morgan fingerprint density at radius 1 is 1.15 bits per heavy atom. The van der Waals surface area contributed by atoms with Gasteiger partial charge in [-0.3, -0.25) is 4.98 Å². The second kappa shape index (κ2) is 7.74. The van der Waals surface area contributed by atoms with Crippen molar-refractivity contribution < 1.29 is 8.42 Å². The smallest absolute Gasteiger partial charge is 0.211 e. The molecule has 1 N–H and O–H groups in total. The normalized spacial score (nSPS) is 12.6. The lowest BCUT2D eigenvalue weighted by Crippen LogP contribution is -2.35. The van der Waals surface area contributed by atoms with E-state index in [1.807, 2.05) is 18.2 Å². The summed E-state index contributed by atoms with van der Waals surface area (Å²) in [6, 6.07) is 5.54. The largest absolute Gasteiger partial charge is 0.261 e. The van der Waals surface area contributed by atoms with Crippen LogP contribution in [0.25, 0.3) is 0 Å². The number of rotatable bonds is 8. The topological polar surface area (TPSA) is 59.1 Å². The van der Waals surface area contributed by atoms with Crippen LogP contribution in [0.15, 0.2) is 24.4 Å². The maximum Gasteiger partial charge on any atom is 0.211 e. The summed E-state index contributed by atoms with van der Waals surface area (Å²) in [6.45, 7) is 9.04. The molecule has 0 unspecified atom stereocenters. The number of hydrogen-bond donors (Lipinski definition) is 1. The standard InChI is InChI=1S/C15H26N2O2S/c1-12(2)15(13(3)4)11-17-20(18,19)10-8-14-7-5-6-9-16-14/h5-7,9,12-13,15,17H,8,10-11H2,1-4H3. The molecule has 0 aliphatic carbocycles. The van der Waals surface area contributed by atoms with E-state index in [4.69, 9.17) is 0 Å². The van der Waals surface area contributed by atoms with Crippen molar-refractivity contribution in [1.29, 1.82) is 0 Å². The number of hydrogen-bond acceptors (Lipinski definition) is 3.